The summed E-state index contributed by atoms with van der Waals surface area (Å²) in [6.07, 6.45) is 2.50. The number of aryl methyl sites for hydroxylation is 1. The molecular weight excluding hydrogens is 368 g/mol. The number of halogens is 1. The largest absolute Gasteiger partial charge is 0.485 e. The second-order valence-electron chi connectivity index (χ2n) is 6.27. The van der Waals surface area contributed by atoms with Crippen LogP contribution >= 0.6 is 11.6 Å². The molecule has 0 unspecified atom stereocenters. The molecule has 1 aromatic carbocycles. The SMILES string of the molecule is CC.CCc1ccc(COc2cnn(C(C)(C)C)c(=O)c2Cl)cc1.O=CO. The van der Waals surface area contributed by atoms with Crippen LogP contribution in [0.5, 0.6) is 5.75 Å². The monoisotopic (exact) mass is 396 g/mol. The molecule has 0 saturated heterocycles. The lowest BCUT2D eigenvalue weighted by Gasteiger charge is -2.21. The van der Waals surface area contributed by atoms with Crippen LogP contribution in [0.25, 0.3) is 0 Å². The highest BCUT2D eigenvalue weighted by molar-refractivity contribution is 6.31. The standard InChI is InChI=1S/C17H21ClN2O2.C2H6.CH2O2/c1-5-12-6-8-13(9-7-12)11-22-14-10-19-20(17(2,3)4)16(21)15(14)18;1-2;2-1-3/h6-10H,5,11H2,1-4H3;1-2H3;1H,(H,2,3). The Hall–Kier alpha value is -2.34. The summed E-state index contributed by atoms with van der Waals surface area (Å²) in [5.74, 6) is 0.312. The Morgan fingerprint density at radius 3 is 2.11 bits per heavy atom. The fourth-order valence-electron chi connectivity index (χ4n) is 2.03. The lowest BCUT2D eigenvalue weighted by atomic mass is 10.1. The molecule has 0 radical (unpaired) electrons. The number of hydrogen-bond acceptors (Lipinski definition) is 4. The summed E-state index contributed by atoms with van der Waals surface area (Å²) < 4.78 is 7.00. The predicted molar refractivity (Wildman–Crippen MR) is 109 cm³/mol. The Balaban J connectivity index is 0.00000123. The maximum absolute atomic E-state index is 12.2. The molecule has 150 valence electrons. The number of rotatable bonds is 4. The summed E-state index contributed by atoms with van der Waals surface area (Å²) in [5.41, 5.74) is 1.53. The van der Waals surface area contributed by atoms with Gasteiger partial charge in [0.05, 0.1) is 11.7 Å². The van der Waals surface area contributed by atoms with E-state index in [2.05, 4.69) is 24.2 Å². The molecule has 0 atom stereocenters. The van der Waals surface area contributed by atoms with Crippen molar-refractivity contribution in [2.24, 2.45) is 0 Å². The fraction of sp³-hybridized carbons (Fsp3) is 0.450. The summed E-state index contributed by atoms with van der Waals surface area (Å²) in [6.45, 7) is 11.9. The summed E-state index contributed by atoms with van der Waals surface area (Å²) in [7, 11) is 0. The van der Waals surface area contributed by atoms with Crippen LogP contribution in [0.1, 0.15) is 52.7 Å². The summed E-state index contributed by atoms with van der Waals surface area (Å²) in [5, 5.41) is 11.1. The van der Waals surface area contributed by atoms with E-state index in [9.17, 15) is 4.79 Å². The van der Waals surface area contributed by atoms with Crippen LogP contribution in [0.3, 0.4) is 0 Å². The zero-order valence-corrected chi connectivity index (χ0v) is 17.6. The topological polar surface area (TPSA) is 81.4 Å². The third-order valence-corrected chi connectivity index (χ3v) is 3.70. The number of benzene rings is 1. The first kappa shape index (κ1) is 24.7. The van der Waals surface area contributed by atoms with Crippen molar-refractivity contribution in [3.8, 4) is 5.75 Å². The average molecular weight is 397 g/mol. The van der Waals surface area contributed by atoms with Crippen LogP contribution in [0.4, 0.5) is 0 Å². The maximum atomic E-state index is 12.2. The lowest BCUT2D eigenvalue weighted by molar-refractivity contribution is -0.122. The molecule has 0 aliphatic heterocycles. The molecule has 1 heterocycles. The van der Waals surface area contributed by atoms with Crippen molar-refractivity contribution < 1.29 is 14.6 Å². The molecule has 2 rings (SSSR count). The van der Waals surface area contributed by atoms with Gasteiger partial charge < -0.3 is 9.84 Å². The van der Waals surface area contributed by atoms with Gasteiger partial charge >= 0.3 is 0 Å². The van der Waals surface area contributed by atoms with Gasteiger partial charge in [0.25, 0.3) is 12.0 Å². The van der Waals surface area contributed by atoms with Crippen molar-refractivity contribution in [1.29, 1.82) is 0 Å². The maximum Gasteiger partial charge on any atom is 0.290 e. The molecule has 0 bridgehead atoms. The first-order chi connectivity index (χ1) is 12.7. The number of nitrogens with zero attached hydrogens (tertiary/aromatic N) is 2. The molecule has 1 aromatic heterocycles. The second-order valence-corrected chi connectivity index (χ2v) is 6.65. The number of aromatic nitrogens is 2. The predicted octanol–water partition coefficient (Wildman–Crippen LogP) is 4.52. The highest BCUT2D eigenvalue weighted by Crippen LogP contribution is 2.21. The first-order valence-corrected chi connectivity index (χ1v) is 9.19. The Labute approximate surface area is 165 Å². The van der Waals surface area contributed by atoms with Crippen LogP contribution in [0.2, 0.25) is 5.02 Å². The van der Waals surface area contributed by atoms with Crippen molar-refractivity contribution in [3.05, 3.63) is 57.0 Å². The van der Waals surface area contributed by atoms with Crippen LogP contribution in [0, 0.1) is 0 Å². The van der Waals surface area contributed by atoms with E-state index in [1.807, 2.05) is 46.8 Å². The minimum absolute atomic E-state index is 0.0649. The van der Waals surface area contributed by atoms with Crippen LogP contribution < -0.4 is 10.3 Å². The van der Waals surface area contributed by atoms with Gasteiger partial charge in [-0.25, -0.2) is 4.68 Å². The number of carboxylic acid groups (broad SMARTS) is 1. The van der Waals surface area contributed by atoms with Gasteiger partial charge in [0.2, 0.25) is 0 Å². The zero-order chi connectivity index (χ0) is 21.0. The van der Waals surface area contributed by atoms with Crippen LogP contribution in [-0.4, -0.2) is 21.4 Å². The van der Waals surface area contributed by atoms with Gasteiger partial charge in [0.15, 0.2) is 10.8 Å². The van der Waals surface area contributed by atoms with Gasteiger partial charge in [-0.2, -0.15) is 5.10 Å². The molecule has 0 aliphatic rings. The van der Waals surface area contributed by atoms with Gasteiger partial charge in [0, 0.05) is 0 Å². The van der Waals surface area contributed by atoms with E-state index in [1.165, 1.54) is 16.4 Å². The molecule has 0 amide bonds. The second kappa shape index (κ2) is 12.1. The molecule has 0 spiro atoms. The quantitative estimate of drug-likeness (QED) is 0.768. The van der Waals surface area contributed by atoms with Gasteiger partial charge in [-0.15, -0.1) is 0 Å². The normalized spacial score (nSPS) is 10.0. The number of ether oxygens (including phenoxy) is 1. The van der Waals surface area contributed by atoms with E-state index < -0.39 is 5.54 Å². The van der Waals surface area contributed by atoms with E-state index >= 15 is 0 Å². The lowest BCUT2D eigenvalue weighted by Crippen LogP contribution is -2.36. The Morgan fingerprint density at radius 2 is 1.67 bits per heavy atom. The van der Waals surface area contributed by atoms with Crippen molar-refractivity contribution >= 4 is 18.1 Å². The third kappa shape index (κ3) is 7.83. The van der Waals surface area contributed by atoms with Crippen LogP contribution in [-0.2, 0) is 23.4 Å². The van der Waals surface area contributed by atoms with Gasteiger partial charge in [-0.05, 0) is 38.3 Å². The molecule has 7 heteroatoms. The van der Waals surface area contributed by atoms with Gasteiger partial charge in [-0.3, -0.25) is 9.59 Å². The van der Waals surface area contributed by atoms with E-state index in [0.717, 1.165) is 12.0 Å². The molecule has 0 aliphatic carbocycles. The third-order valence-electron chi connectivity index (χ3n) is 3.35. The highest BCUT2D eigenvalue weighted by Gasteiger charge is 2.19. The molecule has 2 aromatic rings. The zero-order valence-electron chi connectivity index (χ0n) is 16.8. The molecule has 1 N–H and O–H groups in total. The van der Waals surface area contributed by atoms with E-state index in [1.54, 1.807) is 0 Å². The highest BCUT2D eigenvalue weighted by atomic mass is 35.5. The molecule has 0 saturated carbocycles. The van der Waals surface area contributed by atoms with E-state index in [-0.39, 0.29) is 17.1 Å². The molecular formula is C20H29ClN2O4. The van der Waals surface area contributed by atoms with Gasteiger partial charge in [-0.1, -0.05) is 56.6 Å². The van der Waals surface area contributed by atoms with Crippen molar-refractivity contribution in [3.63, 3.8) is 0 Å². The Bertz CT molecular complexity index is 750. The first-order valence-electron chi connectivity index (χ1n) is 8.81. The van der Waals surface area contributed by atoms with Gasteiger partial charge in [0.1, 0.15) is 6.61 Å². The Morgan fingerprint density at radius 1 is 1.19 bits per heavy atom. The average Bonchev–Trinajstić information content (AvgIpc) is 2.64. The van der Waals surface area contributed by atoms with Crippen molar-refractivity contribution in [2.45, 2.75) is 60.1 Å². The van der Waals surface area contributed by atoms with Crippen molar-refractivity contribution in [2.75, 3.05) is 0 Å². The smallest absolute Gasteiger partial charge is 0.290 e. The Kier molecular flexibility index (Phi) is 11.1. The summed E-state index contributed by atoms with van der Waals surface area (Å²) in [6, 6.07) is 8.15. The molecule has 6 nitrogen and oxygen atoms in total. The van der Waals surface area contributed by atoms with E-state index in [0.29, 0.717) is 12.4 Å². The number of hydrogen-bond donors (Lipinski definition) is 1. The number of carbonyl (C=O) groups is 1. The molecule has 27 heavy (non-hydrogen) atoms. The van der Waals surface area contributed by atoms with Crippen LogP contribution in [0.15, 0.2) is 35.3 Å². The van der Waals surface area contributed by atoms with E-state index in [4.69, 9.17) is 26.2 Å². The summed E-state index contributed by atoms with van der Waals surface area (Å²) in [4.78, 5) is 20.6. The fourth-order valence-corrected chi connectivity index (χ4v) is 2.21. The summed E-state index contributed by atoms with van der Waals surface area (Å²) >= 11 is 6.12. The minimum Gasteiger partial charge on any atom is -0.485 e. The molecule has 0 fully saturated rings. The minimum atomic E-state index is -0.421. The van der Waals surface area contributed by atoms with Crippen molar-refractivity contribution in [1.82, 2.24) is 9.78 Å².